The van der Waals surface area contributed by atoms with Crippen molar-refractivity contribution >= 4 is 22.7 Å². The summed E-state index contributed by atoms with van der Waals surface area (Å²) >= 11 is 0. The van der Waals surface area contributed by atoms with Crippen molar-refractivity contribution in [3.05, 3.63) is 99.0 Å². The molecular weight excluding hydrogens is 476 g/mol. The zero-order valence-corrected chi connectivity index (χ0v) is 20.3. The quantitative estimate of drug-likeness (QED) is 0.425. The lowest BCUT2D eigenvalue weighted by atomic mass is 9.92. The van der Waals surface area contributed by atoms with Crippen LogP contribution in [0.1, 0.15) is 28.7 Å². The molecule has 3 heterocycles. The standard InChI is InChI=1S/C29H27F2N3O3/c30-21-3-5-23-20(16-21)18-37-28-17-22(31)4-6-24(28)25(23)14-19-2-7-27-26(15-19)32-29(35)34(27)9-1-8-33-10-12-36-13-11-33/h2-7,14-17H,1,8-13,18H2,(H,32,35). The average Bonchev–Trinajstić information content (AvgIpc) is 3.13. The molecule has 2 aliphatic rings. The number of aromatic nitrogens is 2. The molecule has 0 spiro atoms. The van der Waals surface area contributed by atoms with E-state index in [1.807, 2.05) is 24.3 Å². The lowest BCUT2D eigenvalue weighted by Gasteiger charge is -2.26. The lowest BCUT2D eigenvalue weighted by Crippen LogP contribution is -2.37. The van der Waals surface area contributed by atoms with Gasteiger partial charge in [-0.3, -0.25) is 9.47 Å². The summed E-state index contributed by atoms with van der Waals surface area (Å²) in [6.45, 7) is 5.07. The summed E-state index contributed by atoms with van der Waals surface area (Å²) in [5.41, 5.74) is 5.35. The Morgan fingerprint density at radius 2 is 1.70 bits per heavy atom. The molecule has 0 saturated carbocycles. The van der Waals surface area contributed by atoms with Gasteiger partial charge in [0.2, 0.25) is 0 Å². The first kappa shape index (κ1) is 23.6. The fourth-order valence-electron chi connectivity index (χ4n) is 5.18. The highest BCUT2D eigenvalue weighted by Crippen LogP contribution is 2.38. The van der Waals surface area contributed by atoms with E-state index < -0.39 is 5.82 Å². The third kappa shape index (κ3) is 4.82. The number of benzene rings is 3. The first-order valence-corrected chi connectivity index (χ1v) is 12.5. The van der Waals surface area contributed by atoms with Gasteiger partial charge in [-0.15, -0.1) is 0 Å². The lowest BCUT2D eigenvalue weighted by molar-refractivity contribution is 0.0369. The maximum atomic E-state index is 14.0. The van der Waals surface area contributed by atoms with Crippen molar-refractivity contribution in [2.75, 3.05) is 32.8 Å². The van der Waals surface area contributed by atoms with Crippen LogP contribution in [0.5, 0.6) is 5.75 Å². The number of aromatic amines is 1. The van der Waals surface area contributed by atoms with Gasteiger partial charge in [0.05, 0.1) is 24.2 Å². The molecule has 1 saturated heterocycles. The van der Waals surface area contributed by atoms with Crippen molar-refractivity contribution in [3.8, 4) is 5.75 Å². The smallest absolute Gasteiger partial charge is 0.326 e. The van der Waals surface area contributed by atoms with E-state index >= 15 is 0 Å². The maximum Gasteiger partial charge on any atom is 0.326 e. The highest BCUT2D eigenvalue weighted by molar-refractivity contribution is 5.95. The van der Waals surface area contributed by atoms with Gasteiger partial charge in [-0.05, 0) is 65.6 Å². The summed E-state index contributed by atoms with van der Waals surface area (Å²) in [6.07, 6.45) is 2.84. The number of imidazole rings is 1. The number of hydrogen-bond acceptors (Lipinski definition) is 4. The molecule has 6 nitrogen and oxygen atoms in total. The van der Waals surface area contributed by atoms with E-state index in [1.54, 1.807) is 16.7 Å². The van der Waals surface area contributed by atoms with Crippen LogP contribution in [0.15, 0.2) is 59.4 Å². The van der Waals surface area contributed by atoms with Crippen LogP contribution in [0.2, 0.25) is 0 Å². The number of aryl methyl sites for hydroxylation is 1. The number of ether oxygens (including phenoxy) is 2. The van der Waals surface area contributed by atoms with Crippen LogP contribution in [-0.2, 0) is 17.9 Å². The molecule has 3 aromatic carbocycles. The number of nitrogens with zero attached hydrogens (tertiary/aromatic N) is 2. The molecular formula is C29H27F2N3O3. The van der Waals surface area contributed by atoms with Gasteiger partial charge in [0.15, 0.2) is 0 Å². The summed E-state index contributed by atoms with van der Waals surface area (Å²) in [6, 6.07) is 14.8. The van der Waals surface area contributed by atoms with Crippen LogP contribution in [0.25, 0.3) is 22.7 Å². The van der Waals surface area contributed by atoms with Gasteiger partial charge >= 0.3 is 5.69 Å². The van der Waals surface area contributed by atoms with Crippen molar-refractivity contribution in [1.29, 1.82) is 0 Å². The van der Waals surface area contributed by atoms with E-state index in [0.29, 0.717) is 17.9 Å². The minimum atomic E-state index is -0.399. The Morgan fingerprint density at radius 1 is 0.919 bits per heavy atom. The van der Waals surface area contributed by atoms with Crippen molar-refractivity contribution in [2.24, 2.45) is 0 Å². The van der Waals surface area contributed by atoms with Gasteiger partial charge < -0.3 is 14.5 Å². The summed E-state index contributed by atoms with van der Waals surface area (Å²) < 4.78 is 41.0. The SMILES string of the molecule is O=c1[nH]c2cc(C=C3c4ccc(F)cc4COc4cc(F)ccc43)ccc2n1CCCN1CCOCC1. The van der Waals surface area contributed by atoms with Gasteiger partial charge in [-0.1, -0.05) is 12.1 Å². The molecule has 37 heavy (non-hydrogen) atoms. The molecule has 8 heteroatoms. The van der Waals surface area contributed by atoms with Crippen molar-refractivity contribution < 1.29 is 18.3 Å². The number of fused-ring (bicyclic) bond motifs is 3. The topological polar surface area (TPSA) is 59.5 Å². The predicted octanol–water partition coefficient (Wildman–Crippen LogP) is 4.81. The molecule has 0 aliphatic carbocycles. The Bertz CT molecular complexity index is 1490. The molecule has 2 aliphatic heterocycles. The van der Waals surface area contributed by atoms with Crippen molar-refractivity contribution in [2.45, 2.75) is 19.6 Å². The minimum Gasteiger partial charge on any atom is -0.488 e. The largest absolute Gasteiger partial charge is 0.488 e. The van der Waals surface area contributed by atoms with Crippen LogP contribution >= 0.6 is 0 Å². The Balaban J connectivity index is 1.34. The Labute approximate surface area is 212 Å². The van der Waals surface area contributed by atoms with E-state index in [1.165, 1.54) is 24.3 Å². The van der Waals surface area contributed by atoms with Crippen LogP contribution in [0, 0.1) is 11.6 Å². The summed E-state index contributed by atoms with van der Waals surface area (Å²) in [4.78, 5) is 18.1. The first-order valence-electron chi connectivity index (χ1n) is 12.5. The number of rotatable bonds is 5. The first-order chi connectivity index (χ1) is 18.0. The molecule has 1 aromatic heterocycles. The van der Waals surface area contributed by atoms with E-state index in [2.05, 4.69) is 9.88 Å². The molecule has 190 valence electrons. The number of hydrogen-bond donors (Lipinski definition) is 1. The number of morpholine rings is 1. The van der Waals surface area contributed by atoms with Crippen molar-refractivity contribution in [1.82, 2.24) is 14.5 Å². The van der Waals surface area contributed by atoms with Crippen LogP contribution in [0.3, 0.4) is 0 Å². The fraction of sp³-hybridized carbons (Fsp3) is 0.276. The van der Waals surface area contributed by atoms with Gasteiger partial charge in [-0.25, -0.2) is 13.6 Å². The van der Waals surface area contributed by atoms with Crippen LogP contribution < -0.4 is 10.4 Å². The third-order valence-corrected chi connectivity index (χ3v) is 7.04. The molecule has 0 atom stereocenters. The predicted molar refractivity (Wildman–Crippen MR) is 139 cm³/mol. The zero-order valence-electron chi connectivity index (χ0n) is 20.3. The van der Waals surface area contributed by atoms with Gasteiger partial charge in [0.1, 0.15) is 24.0 Å². The fourth-order valence-corrected chi connectivity index (χ4v) is 5.18. The average molecular weight is 504 g/mol. The minimum absolute atomic E-state index is 0.133. The van der Waals surface area contributed by atoms with E-state index in [0.717, 1.165) is 72.6 Å². The normalized spacial score (nSPS) is 16.9. The second-order valence-electron chi connectivity index (χ2n) is 9.45. The van der Waals surface area contributed by atoms with Crippen molar-refractivity contribution in [3.63, 3.8) is 0 Å². The highest BCUT2D eigenvalue weighted by Gasteiger charge is 2.21. The molecule has 4 aromatic rings. The number of H-pyrrole nitrogens is 1. The zero-order chi connectivity index (χ0) is 25.4. The van der Waals surface area contributed by atoms with E-state index in [-0.39, 0.29) is 18.1 Å². The molecule has 1 fully saturated rings. The van der Waals surface area contributed by atoms with E-state index in [9.17, 15) is 13.6 Å². The summed E-state index contributed by atoms with van der Waals surface area (Å²) in [5, 5.41) is 0. The Kier molecular flexibility index (Phi) is 6.36. The molecule has 1 N–H and O–H groups in total. The molecule has 6 rings (SSSR count). The Hall–Kier alpha value is -3.75. The second-order valence-corrected chi connectivity index (χ2v) is 9.45. The summed E-state index contributed by atoms with van der Waals surface area (Å²) in [7, 11) is 0. The van der Waals surface area contributed by atoms with Crippen LogP contribution in [-0.4, -0.2) is 47.3 Å². The molecule has 0 radical (unpaired) electrons. The molecule has 0 unspecified atom stereocenters. The number of halogens is 2. The monoisotopic (exact) mass is 503 g/mol. The maximum absolute atomic E-state index is 14.0. The Morgan fingerprint density at radius 3 is 2.54 bits per heavy atom. The summed E-state index contributed by atoms with van der Waals surface area (Å²) in [5.74, 6) is -0.347. The highest BCUT2D eigenvalue weighted by atomic mass is 19.1. The number of nitrogens with one attached hydrogen (secondary N) is 1. The molecule has 0 bridgehead atoms. The van der Waals surface area contributed by atoms with Gasteiger partial charge in [0, 0.05) is 43.4 Å². The van der Waals surface area contributed by atoms with Gasteiger partial charge in [0.25, 0.3) is 0 Å². The van der Waals surface area contributed by atoms with Gasteiger partial charge in [-0.2, -0.15) is 0 Å². The second kappa shape index (κ2) is 9.95. The van der Waals surface area contributed by atoms with Crippen LogP contribution in [0.4, 0.5) is 8.78 Å². The molecule has 0 amide bonds. The third-order valence-electron chi connectivity index (χ3n) is 7.04. The van der Waals surface area contributed by atoms with E-state index in [4.69, 9.17) is 9.47 Å².